The first-order chi connectivity index (χ1) is 14.6. The Kier molecular flexibility index (Phi) is 8.71. The van der Waals surface area contributed by atoms with Crippen LogP contribution in [0.3, 0.4) is 0 Å². The van der Waals surface area contributed by atoms with Gasteiger partial charge in [-0.2, -0.15) is 11.3 Å². The summed E-state index contributed by atoms with van der Waals surface area (Å²) in [5, 5.41) is 9.39. The molecular formula is C23H32N4O2S. The van der Waals surface area contributed by atoms with Crippen molar-refractivity contribution in [3.63, 3.8) is 0 Å². The van der Waals surface area contributed by atoms with Crippen molar-refractivity contribution in [1.82, 2.24) is 15.5 Å². The lowest BCUT2D eigenvalue weighted by Crippen LogP contribution is -2.46. The van der Waals surface area contributed by atoms with E-state index >= 15 is 0 Å². The van der Waals surface area contributed by atoms with Crippen molar-refractivity contribution in [2.45, 2.75) is 26.2 Å². The molecule has 2 amide bonds. The maximum atomic E-state index is 11.9. The van der Waals surface area contributed by atoms with E-state index in [1.54, 1.807) is 11.4 Å². The third kappa shape index (κ3) is 7.15. The highest BCUT2D eigenvalue weighted by molar-refractivity contribution is 7.08. The molecule has 162 valence electrons. The molecule has 1 aliphatic rings. The van der Waals surface area contributed by atoms with Crippen LogP contribution in [0.2, 0.25) is 0 Å². The summed E-state index contributed by atoms with van der Waals surface area (Å²) in [6.45, 7) is 8.59. The molecule has 2 heterocycles. The van der Waals surface area contributed by atoms with Gasteiger partial charge in [-0.3, -0.25) is 14.5 Å². The van der Waals surface area contributed by atoms with Crippen molar-refractivity contribution < 1.29 is 9.59 Å². The third-order valence-electron chi connectivity index (χ3n) is 5.38. The summed E-state index contributed by atoms with van der Waals surface area (Å²) in [4.78, 5) is 28.7. The standard InChI is InChI=1S/C23H32N4O2S/c1-19-5-4-6-21(17-19)27-14-12-26(13-15-27)11-3-2-9-24-22(28)7-10-25-23(29)20-8-16-30-18-20/h4-6,8,16-18H,2-3,7,9-15H2,1H3,(H,24,28)(H,25,29). The zero-order valence-electron chi connectivity index (χ0n) is 17.7. The van der Waals surface area contributed by atoms with E-state index in [4.69, 9.17) is 0 Å². The first-order valence-corrected chi connectivity index (χ1v) is 11.7. The number of carbonyl (C=O) groups excluding carboxylic acids is 2. The number of anilines is 1. The number of rotatable bonds is 10. The molecule has 0 aliphatic carbocycles. The van der Waals surface area contributed by atoms with Crippen LogP contribution < -0.4 is 15.5 Å². The number of amides is 2. The molecule has 0 spiro atoms. The molecule has 2 N–H and O–H groups in total. The van der Waals surface area contributed by atoms with Crippen molar-refractivity contribution in [3.05, 3.63) is 52.2 Å². The average molecular weight is 429 g/mol. The van der Waals surface area contributed by atoms with Crippen LogP contribution in [0.5, 0.6) is 0 Å². The molecule has 0 saturated carbocycles. The maximum Gasteiger partial charge on any atom is 0.252 e. The fourth-order valence-electron chi connectivity index (χ4n) is 3.62. The summed E-state index contributed by atoms with van der Waals surface area (Å²) in [6.07, 6.45) is 2.38. The molecule has 1 fully saturated rings. The number of carbonyl (C=O) groups is 2. The van der Waals surface area contributed by atoms with Crippen LogP contribution in [0, 0.1) is 6.92 Å². The zero-order valence-corrected chi connectivity index (χ0v) is 18.5. The van der Waals surface area contributed by atoms with E-state index in [0.29, 0.717) is 25.1 Å². The lowest BCUT2D eigenvalue weighted by molar-refractivity contribution is -0.120. The van der Waals surface area contributed by atoms with Gasteiger partial charge >= 0.3 is 0 Å². The highest BCUT2D eigenvalue weighted by Crippen LogP contribution is 2.17. The summed E-state index contributed by atoms with van der Waals surface area (Å²) >= 11 is 1.49. The van der Waals surface area contributed by atoms with Crippen LogP contribution in [0.1, 0.15) is 35.2 Å². The third-order valence-corrected chi connectivity index (χ3v) is 6.07. The topological polar surface area (TPSA) is 64.7 Å². The minimum atomic E-state index is -0.119. The van der Waals surface area contributed by atoms with Gasteiger partial charge in [0.1, 0.15) is 0 Å². The van der Waals surface area contributed by atoms with E-state index in [-0.39, 0.29) is 11.8 Å². The molecule has 1 aromatic heterocycles. The Balaban J connectivity index is 1.20. The van der Waals surface area contributed by atoms with Crippen molar-refractivity contribution in [1.29, 1.82) is 0 Å². The van der Waals surface area contributed by atoms with Crippen LogP contribution in [-0.4, -0.2) is 62.5 Å². The Morgan fingerprint density at radius 2 is 1.87 bits per heavy atom. The van der Waals surface area contributed by atoms with Gasteiger partial charge < -0.3 is 15.5 Å². The molecule has 0 atom stereocenters. The Labute approximate surface area is 183 Å². The Morgan fingerprint density at radius 1 is 1.03 bits per heavy atom. The summed E-state index contributed by atoms with van der Waals surface area (Å²) in [5.74, 6) is -0.126. The SMILES string of the molecule is Cc1cccc(N2CCN(CCCCNC(=O)CCNC(=O)c3ccsc3)CC2)c1. The monoisotopic (exact) mass is 428 g/mol. The minimum absolute atomic E-state index is 0.00705. The van der Waals surface area contributed by atoms with E-state index in [1.807, 2.05) is 5.38 Å². The Hall–Kier alpha value is -2.38. The van der Waals surface area contributed by atoms with Gasteiger partial charge in [0.2, 0.25) is 5.91 Å². The molecule has 3 rings (SSSR count). The first-order valence-electron chi connectivity index (χ1n) is 10.7. The molecule has 2 aromatic rings. The molecule has 7 heteroatoms. The zero-order chi connectivity index (χ0) is 21.2. The van der Waals surface area contributed by atoms with Gasteiger partial charge in [0.25, 0.3) is 5.91 Å². The summed E-state index contributed by atoms with van der Waals surface area (Å²) in [5.41, 5.74) is 3.28. The molecule has 0 bridgehead atoms. The van der Waals surface area contributed by atoms with Gasteiger partial charge in [0.05, 0.1) is 0 Å². The van der Waals surface area contributed by atoms with Crippen molar-refractivity contribution >= 4 is 28.8 Å². The molecule has 1 aromatic carbocycles. The van der Waals surface area contributed by atoms with Crippen LogP contribution in [0.4, 0.5) is 5.69 Å². The predicted octanol–water partition coefficient (Wildman–Crippen LogP) is 2.90. The van der Waals surface area contributed by atoms with Gasteiger partial charge in [-0.25, -0.2) is 0 Å². The van der Waals surface area contributed by atoms with Gasteiger partial charge in [0.15, 0.2) is 0 Å². The van der Waals surface area contributed by atoms with E-state index in [2.05, 4.69) is 51.6 Å². The van der Waals surface area contributed by atoms with Crippen LogP contribution in [0.15, 0.2) is 41.1 Å². The summed E-state index contributed by atoms with van der Waals surface area (Å²) < 4.78 is 0. The highest BCUT2D eigenvalue weighted by atomic mass is 32.1. The molecule has 0 radical (unpaired) electrons. The Morgan fingerprint density at radius 3 is 2.60 bits per heavy atom. The molecule has 0 unspecified atom stereocenters. The van der Waals surface area contributed by atoms with Crippen molar-refractivity contribution in [2.75, 3.05) is 50.7 Å². The lowest BCUT2D eigenvalue weighted by atomic mass is 10.2. The second-order valence-corrected chi connectivity index (χ2v) is 8.52. The largest absolute Gasteiger partial charge is 0.369 e. The number of hydrogen-bond acceptors (Lipinski definition) is 5. The van der Waals surface area contributed by atoms with E-state index in [0.717, 1.165) is 45.6 Å². The average Bonchev–Trinajstić information content (AvgIpc) is 3.29. The molecule has 1 saturated heterocycles. The fourth-order valence-corrected chi connectivity index (χ4v) is 4.25. The number of thiophene rings is 1. The van der Waals surface area contributed by atoms with Gasteiger partial charge in [-0.15, -0.1) is 0 Å². The highest BCUT2D eigenvalue weighted by Gasteiger charge is 2.16. The van der Waals surface area contributed by atoms with Crippen LogP contribution in [-0.2, 0) is 4.79 Å². The quantitative estimate of drug-likeness (QED) is 0.571. The number of nitrogens with one attached hydrogen (secondary N) is 2. The molecular weight excluding hydrogens is 396 g/mol. The number of aryl methyl sites for hydroxylation is 1. The Bertz CT molecular complexity index is 801. The van der Waals surface area contributed by atoms with E-state index in [1.165, 1.54) is 22.6 Å². The number of unbranched alkanes of at least 4 members (excludes halogenated alkanes) is 1. The fraction of sp³-hybridized carbons (Fsp3) is 0.478. The maximum absolute atomic E-state index is 11.9. The molecule has 1 aliphatic heterocycles. The van der Waals surface area contributed by atoms with Gasteiger partial charge in [0, 0.05) is 62.3 Å². The van der Waals surface area contributed by atoms with Crippen molar-refractivity contribution in [2.24, 2.45) is 0 Å². The predicted molar refractivity (Wildman–Crippen MR) is 123 cm³/mol. The first kappa shape index (κ1) is 22.3. The normalized spacial score (nSPS) is 14.5. The van der Waals surface area contributed by atoms with E-state index < -0.39 is 0 Å². The van der Waals surface area contributed by atoms with Crippen molar-refractivity contribution in [3.8, 4) is 0 Å². The van der Waals surface area contributed by atoms with Crippen LogP contribution in [0.25, 0.3) is 0 Å². The second kappa shape index (κ2) is 11.7. The smallest absolute Gasteiger partial charge is 0.252 e. The van der Waals surface area contributed by atoms with Gasteiger partial charge in [-0.1, -0.05) is 12.1 Å². The number of hydrogen-bond donors (Lipinski definition) is 2. The summed E-state index contributed by atoms with van der Waals surface area (Å²) in [6, 6.07) is 10.5. The molecule has 30 heavy (non-hydrogen) atoms. The minimum Gasteiger partial charge on any atom is -0.369 e. The number of piperazine rings is 1. The van der Waals surface area contributed by atoms with Gasteiger partial charge in [-0.05, 0) is 55.5 Å². The van der Waals surface area contributed by atoms with E-state index in [9.17, 15) is 9.59 Å². The number of benzene rings is 1. The van der Waals surface area contributed by atoms with Crippen LogP contribution >= 0.6 is 11.3 Å². The molecule has 6 nitrogen and oxygen atoms in total. The second-order valence-electron chi connectivity index (χ2n) is 7.74. The lowest BCUT2D eigenvalue weighted by Gasteiger charge is -2.36. The number of nitrogens with zero attached hydrogens (tertiary/aromatic N) is 2. The summed E-state index contributed by atoms with van der Waals surface area (Å²) in [7, 11) is 0.